The number of nitrogens with zero attached hydrogens (tertiary/aromatic N) is 1. The van der Waals surface area contributed by atoms with Gasteiger partial charge in [0.1, 0.15) is 0 Å². The molecule has 0 saturated carbocycles. The predicted molar refractivity (Wildman–Crippen MR) is 99.9 cm³/mol. The summed E-state index contributed by atoms with van der Waals surface area (Å²) in [6.07, 6.45) is 7.03. The van der Waals surface area contributed by atoms with Crippen LogP contribution in [-0.2, 0) is 13.0 Å². The van der Waals surface area contributed by atoms with Crippen LogP contribution in [0.3, 0.4) is 0 Å². The number of likely N-dealkylation sites (tertiary alicyclic amines) is 1. The Morgan fingerprint density at radius 2 is 1.42 bits per heavy atom. The number of rotatable bonds is 5. The van der Waals surface area contributed by atoms with Crippen molar-refractivity contribution in [1.29, 1.82) is 0 Å². The van der Waals surface area contributed by atoms with Gasteiger partial charge < -0.3 is 5.11 Å². The molecule has 1 unspecified atom stereocenters. The van der Waals surface area contributed by atoms with Crippen LogP contribution in [0.25, 0.3) is 0 Å². The number of hydrogen-bond donors (Lipinski definition) is 1. The molecule has 0 bridgehead atoms. The third-order valence-electron chi connectivity index (χ3n) is 5.38. The van der Waals surface area contributed by atoms with Crippen molar-refractivity contribution in [3.05, 3.63) is 71.8 Å². The first-order valence-electron chi connectivity index (χ1n) is 9.26. The molecule has 0 aromatic heterocycles. The molecule has 1 N–H and O–H groups in total. The van der Waals surface area contributed by atoms with Crippen molar-refractivity contribution in [3.63, 3.8) is 0 Å². The molecule has 1 heterocycles. The van der Waals surface area contributed by atoms with Gasteiger partial charge in [0.2, 0.25) is 0 Å². The molecule has 1 aliphatic heterocycles. The Morgan fingerprint density at radius 1 is 0.792 bits per heavy atom. The van der Waals surface area contributed by atoms with E-state index in [1.54, 1.807) is 0 Å². The van der Waals surface area contributed by atoms with Crippen LogP contribution < -0.4 is 0 Å². The Labute approximate surface area is 146 Å². The second-order valence-electron chi connectivity index (χ2n) is 7.12. The minimum atomic E-state index is -0.141. The van der Waals surface area contributed by atoms with E-state index in [1.165, 1.54) is 36.8 Å². The van der Waals surface area contributed by atoms with E-state index in [2.05, 4.69) is 65.6 Å². The monoisotopic (exact) mass is 323 g/mol. The second kappa shape index (κ2) is 8.46. The van der Waals surface area contributed by atoms with E-state index in [0.717, 1.165) is 25.9 Å². The van der Waals surface area contributed by atoms with Gasteiger partial charge >= 0.3 is 0 Å². The lowest BCUT2D eigenvalue weighted by molar-refractivity contribution is 0.00707. The van der Waals surface area contributed by atoms with Gasteiger partial charge in [-0.15, -0.1) is 0 Å². The van der Waals surface area contributed by atoms with Crippen molar-refractivity contribution >= 4 is 0 Å². The summed E-state index contributed by atoms with van der Waals surface area (Å²) in [5.74, 6) is 0. The maximum absolute atomic E-state index is 10.4. The van der Waals surface area contributed by atoms with Crippen LogP contribution in [0.4, 0.5) is 0 Å². The van der Waals surface area contributed by atoms with Crippen LogP contribution >= 0.6 is 0 Å². The average molecular weight is 323 g/mol. The first-order valence-corrected chi connectivity index (χ1v) is 9.26. The highest BCUT2D eigenvalue weighted by atomic mass is 16.3. The van der Waals surface area contributed by atoms with Gasteiger partial charge in [0.15, 0.2) is 0 Å². The van der Waals surface area contributed by atoms with Crippen LogP contribution in [0.1, 0.15) is 43.2 Å². The summed E-state index contributed by atoms with van der Waals surface area (Å²) < 4.78 is 0. The Kier molecular flexibility index (Phi) is 6.06. The van der Waals surface area contributed by atoms with Crippen LogP contribution in [0, 0.1) is 0 Å². The topological polar surface area (TPSA) is 23.5 Å². The fourth-order valence-electron chi connectivity index (χ4n) is 3.97. The molecule has 0 amide bonds. The summed E-state index contributed by atoms with van der Waals surface area (Å²) in [4.78, 5) is 2.55. The van der Waals surface area contributed by atoms with Crippen LogP contribution in [-0.4, -0.2) is 28.7 Å². The fraction of sp³-hybridized carbons (Fsp3) is 0.455. The van der Waals surface area contributed by atoms with Crippen molar-refractivity contribution in [2.24, 2.45) is 0 Å². The summed E-state index contributed by atoms with van der Waals surface area (Å²) in [6.45, 7) is 2.23. The Hall–Kier alpha value is -1.64. The van der Waals surface area contributed by atoms with E-state index >= 15 is 0 Å². The first-order chi connectivity index (χ1) is 11.8. The number of aliphatic hydroxyl groups excluding tert-OH is 1. The SMILES string of the molecule is OCC1(Cc2ccccc2)CCCCCCN1Cc1ccccc1. The van der Waals surface area contributed by atoms with Gasteiger partial charge in [0, 0.05) is 12.1 Å². The summed E-state index contributed by atoms with van der Waals surface area (Å²) in [7, 11) is 0. The van der Waals surface area contributed by atoms with Crippen LogP contribution in [0.2, 0.25) is 0 Å². The molecule has 2 heteroatoms. The van der Waals surface area contributed by atoms with Gasteiger partial charge in [-0.1, -0.05) is 79.9 Å². The second-order valence-corrected chi connectivity index (χ2v) is 7.12. The van der Waals surface area contributed by atoms with Gasteiger partial charge in [-0.3, -0.25) is 4.90 Å². The molecular weight excluding hydrogens is 294 g/mol. The molecule has 0 aliphatic carbocycles. The smallest absolute Gasteiger partial charge is 0.0618 e. The molecule has 24 heavy (non-hydrogen) atoms. The molecule has 0 radical (unpaired) electrons. The standard InChI is InChI=1S/C22H29NO/c24-19-22(17-20-11-5-3-6-12-20)15-9-1-2-10-16-23(22)18-21-13-7-4-8-14-21/h3-8,11-14,24H,1-2,9-10,15-19H2. The molecule has 128 valence electrons. The third kappa shape index (κ3) is 4.25. The summed E-state index contributed by atoms with van der Waals surface area (Å²) in [5, 5.41) is 10.4. The van der Waals surface area contributed by atoms with Crippen molar-refractivity contribution < 1.29 is 5.11 Å². The molecule has 1 fully saturated rings. The minimum Gasteiger partial charge on any atom is -0.394 e. The van der Waals surface area contributed by atoms with Gasteiger partial charge in [0.05, 0.1) is 6.61 Å². The zero-order valence-corrected chi connectivity index (χ0v) is 14.5. The average Bonchev–Trinajstić information content (AvgIpc) is 2.62. The van der Waals surface area contributed by atoms with Crippen molar-refractivity contribution in [2.45, 2.75) is 50.6 Å². The van der Waals surface area contributed by atoms with Crippen LogP contribution in [0.5, 0.6) is 0 Å². The van der Waals surface area contributed by atoms with Gasteiger partial charge in [-0.25, -0.2) is 0 Å². The number of benzene rings is 2. The van der Waals surface area contributed by atoms with E-state index in [-0.39, 0.29) is 12.1 Å². The minimum absolute atomic E-state index is 0.141. The molecule has 3 rings (SSSR count). The van der Waals surface area contributed by atoms with Gasteiger partial charge in [0.25, 0.3) is 0 Å². The van der Waals surface area contributed by atoms with Gasteiger partial charge in [-0.2, -0.15) is 0 Å². The molecule has 2 aromatic rings. The van der Waals surface area contributed by atoms with E-state index in [4.69, 9.17) is 0 Å². The highest BCUT2D eigenvalue weighted by Gasteiger charge is 2.36. The van der Waals surface area contributed by atoms with E-state index in [1.807, 2.05) is 0 Å². The summed E-state index contributed by atoms with van der Waals surface area (Å²) in [6, 6.07) is 21.3. The van der Waals surface area contributed by atoms with E-state index < -0.39 is 0 Å². The zero-order valence-electron chi connectivity index (χ0n) is 14.5. The van der Waals surface area contributed by atoms with E-state index in [0.29, 0.717) is 0 Å². The quantitative estimate of drug-likeness (QED) is 0.880. The Bertz CT molecular complexity index is 598. The molecule has 2 nitrogen and oxygen atoms in total. The first kappa shape index (κ1) is 17.2. The lowest BCUT2D eigenvalue weighted by Gasteiger charge is -2.45. The molecule has 0 spiro atoms. The van der Waals surface area contributed by atoms with Crippen molar-refractivity contribution in [2.75, 3.05) is 13.2 Å². The van der Waals surface area contributed by atoms with Gasteiger partial charge in [-0.05, 0) is 36.9 Å². The Morgan fingerprint density at radius 3 is 2.08 bits per heavy atom. The fourth-order valence-corrected chi connectivity index (χ4v) is 3.97. The maximum Gasteiger partial charge on any atom is 0.0618 e. The normalized spacial score (nSPS) is 22.7. The molecule has 1 saturated heterocycles. The summed E-state index contributed by atoms with van der Waals surface area (Å²) >= 11 is 0. The maximum atomic E-state index is 10.4. The predicted octanol–water partition coefficient (Wildman–Crippen LogP) is 4.43. The molecule has 1 atom stereocenters. The highest BCUT2D eigenvalue weighted by Crippen LogP contribution is 2.31. The largest absolute Gasteiger partial charge is 0.394 e. The van der Waals surface area contributed by atoms with E-state index in [9.17, 15) is 5.11 Å². The lowest BCUT2D eigenvalue weighted by atomic mass is 9.82. The zero-order chi connectivity index (χ0) is 16.7. The number of hydrogen-bond acceptors (Lipinski definition) is 2. The Balaban J connectivity index is 1.86. The molecular formula is C22H29NO. The number of aliphatic hydroxyl groups is 1. The van der Waals surface area contributed by atoms with Crippen molar-refractivity contribution in [3.8, 4) is 0 Å². The van der Waals surface area contributed by atoms with Crippen LogP contribution in [0.15, 0.2) is 60.7 Å². The molecule has 1 aliphatic rings. The highest BCUT2D eigenvalue weighted by molar-refractivity contribution is 5.20. The van der Waals surface area contributed by atoms with Crippen molar-refractivity contribution in [1.82, 2.24) is 4.90 Å². The molecule has 2 aromatic carbocycles. The third-order valence-corrected chi connectivity index (χ3v) is 5.38. The lowest BCUT2D eigenvalue weighted by Crippen LogP contribution is -2.53. The summed E-state index contributed by atoms with van der Waals surface area (Å²) in [5.41, 5.74) is 2.52.